The minimum absolute atomic E-state index is 1.19. The van der Waals surface area contributed by atoms with Gasteiger partial charge in [-0.25, -0.2) is 0 Å². The first-order valence-electron chi connectivity index (χ1n) is 3.80. The number of allylic oxidation sites excluding steroid dienone is 6. The molecule has 1 rings (SSSR count). The van der Waals surface area contributed by atoms with Gasteiger partial charge in [-0.1, -0.05) is 49.3 Å². The van der Waals surface area contributed by atoms with Crippen LogP contribution in [-0.2, 0) is 0 Å². The van der Waals surface area contributed by atoms with Crippen molar-refractivity contribution in [3.05, 3.63) is 42.4 Å². The van der Waals surface area contributed by atoms with Crippen molar-refractivity contribution in [2.24, 2.45) is 0 Å². The summed E-state index contributed by atoms with van der Waals surface area (Å²) in [7, 11) is 0. The van der Waals surface area contributed by atoms with E-state index < -0.39 is 0 Å². The van der Waals surface area contributed by atoms with Crippen molar-refractivity contribution in [3.63, 3.8) is 0 Å². The zero-order valence-electron chi connectivity index (χ0n) is 6.38. The minimum Gasteiger partial charge on any atom is -0.0764 e. The second kappa shape index (κ2) is 4.10. The predicted octanol–water partition coefficient (Wildman–Crippen LogP) is 3.04. The van der Waals surface area contributed by atoms with Crippen molar-refractivity contribution in [2.75, 3.05) is 0 Å². The average Bonchev–Trinajstić information content (AvgIpc) is 2.17. The second-order valence-electron chi connectivity index (χ2n) is 2.43. The van der Waals surface area contributed by atoms with Gasteiger partial charge in [-0.3, -0.25) is 0 Å². The van der Waals surface area contributed by atoms with Crippen LogP contribution in [0.15, 0.2) is 36.0 Å². The summed E-state index contributed by atoms with van der Waals surface area (Å²) < 4.78 is 0. The average molecular weight is 133 g/mol. The Hall–Kier alpha value is -0.780. The van der Waals surface area contributed by atoms with Crippen LogP contribution in [0.25, 0.3) is 0 Å². The molecule has 0 spiro atoms. The lowest BCUT2D eigenvalue weighted by Gasteiger charge is -1.97. The van der Waals surface area contributed by atoms with Crippen molar-refractivity contribution >= 4 is 0 Å². The molecule has 0 saturated heterocycles. The van der Waals surface area contributed by atoms with Gasteiger partial charge in [0.1, 0.15) is 0 Å². The zero-order valence-corrected chi connectivity index (χ0v) is 6.38. The standard InChI is InChI=1S/C10H13/c1-2-7-10-8-5-3-4-6-9-10/h3-6,8-9H,2,7H2,1H3. The van der Waals surface area contributed by atoms with Crippen LogP contribution in [0.3, 0.4) is 0 Å². The molecule has 0 aromatic rings. The van der Waals surface area contributed by atoms with Gasteiger partial charge in [0.15, 0.2) is 0 Å². The van der Waals surface area contributed by atoms with Crippen LogP contribution in [-0.4, -0.2) is 0 Å². The fourth-order valence-electron chi connectivity index (χ4n) is 0.998. The summed E-state index contributed by atoms with van der Waals surface area (Å²) in [4.78, 5) is 0. The summed E-state index contributed by atoms with van der Waals surface area (Å²) in [6.07, 6.45) is 15.0. The molecule has 0 atom stereocenters. The topological polar surface area (TPSA) is 0 Å². The van der Waals surface area contributed by atoms with Crippen molar-refractivity contribution in [1.29, 1.82) is 0 Å². The molecule has 53 valence electrons. The second-order valence-corrected chi connectivity index (χ2v) is 2.43. The molecular formula is C10H13. The molecule has 0 fully saturated rings. The first-order chi connectivity index (χ1) is 4.93. The Balaban J connectivity index is 2.50. The maximum atomic E-state index is 2.20. The van der Waals surface area contributed by atoms with E-state index in [-0.39, 0.29) is 0 Å². The van der Waals surface area contributed by atoms with Gasteiger partial charge in [0, 0.05) is 6.42 Å². The molecule has 0 aromatic carbocycles. The van der Waals surface area contributed by atoms with Crippen LogP contribution < -0.4 is 0 Å². The van der Waals surface area contributed by atoms with E-state index in [0.29, 0.717) is 0 Å². The molecule has 1 radical (unpaired) electrons. The van der Waals surface area contributed by atoms with E-state index in [1.807, 2.05) is 0 Å². The molecule has 0 aromatic heterocycles. The highest BCUT2D eigenvalue weighted by Crippen LogP contribution is 2.11. The van der Waals surface area contributed by atoms with Gasteiger partial charge in [-0.2, -0.15) is 0 Å². The Morgan fingerprint density at radius 1 is 1.10 bits per heavy atom. The first-order valence-corrected chi connectivity index (χ1v) is 3.80. The van der Waals surface area contributed by atoms with Crippen LogP contribution in [0.4, 0.5) is 0 Å². The first kappa shape index (κ1) is 7.33. The fraction of sp³-hybridized carbons (Fsp3) is 0.300. The Kier molecular flexibility index (Phi) is 3.01. The summed E-state index contributed by atoms with van der Waals surface area (Å²) in [5.41, 5.74) is 1.42. The van der Waals surface area contributed by atoms with Gasteiger partial charge in [0.25, 0.3) is 0 Å². The number of hydrogen-bond acceptors (Lipinski definition) is 0. The van der Waals surface area contributed by atoms with Crippen LogP contribution >= 0.6 is 0 Å². The third kappa shape index (κ3) is 2.22. The van der Waals surface area contributed by atoms with Gasteiger partial charge < -0.3 is 0 Å². The monoisotopic (exact) mass is 133 g/mol. The fourth-order valence-corrected chi connectivity index (χ4v) is 0.998. The Labute approximate surface area is 62.9 Å². The lowest BCUT2D eigenvalue weighted by atomic mass is 10.1. The van der Waals surface area contributed by atoms with Crippen LogP contribution in [0, 0.1) is 6.42 Å². The molecule has 0 N–H and O–H groups in total. The molecule has 0 nitrogen and oxygen atoms in total. The zero-order chi connectivity index (χ0) is 7.23. The summed E-state index contributed by atoms with van der Waals surface area (Å²) in [5, 5.41) is 0. The molecule has 0 aliphatic heterocycles. The van der Waals surface area contributed by atoms with Crippen molar-refractivity contribution < 1.29 is 0 Å². The summed E-state index contributed by atoms with van der Waals surface area (Å²) in [6.45, 7) is 2.20. The summed E-state index contributed by atoms with van der Waals surface area (Å²) in [6, 6.07) is 0. The molecule has 0 unspecified atom stereocenters. The van der Waals surface area contributed by atoms with E-state index in [0.717, 1.165) is 0 Å². The van der Waals surface area contributed by atoms with E-state index in [2.05, 4.69) is 43.7 Å². The van der Waals surface area contributed by atoms with Gasteiger partial charge in [-0.05, 0) is 6.42 Å². The van der Waals surface area contributed by atoms with Gasteiger partial charge >= 0.3 is 0 Å². The molecule has 0 saturated carbocycles. The minimum atomic E-state index is 1.19. The van der Waals surface area contributed by atoms with Crippen LogP contribution in [0.5, 0.6) is 0 Å². The molecular weight excluding hydrogens is 120 g/mol. The van der Waals surface area contributed by atoms with Crippen molar-refractivity contribution in [2.45, 2.75) is 19.8 Å². The molecule has 0 heterocycles. The SMILES string of the molecule is CCCC1=CC=CC=C[CH]1. The Morgan fingerprint density at radius 2 is 1.90 bits per heavy atom. The lowest BCUT2D eigenvalue weighted by Crippen LogP contribution is -1.79. The number of rotatable bonds is 2. The van der Waals surface area contributed by atoms with E-state index in [9.17, 15) is 0 Å². The van der Waals surface area contributed by atoms with Crippen molar-refractivity contribution in [3.8, 4) is 0 Å². The van der Waals surface area contributed by atoms with Crippen LogP contribution in [0.1, 0.15) is 19.8 Å². The predicted molar refractivity (Wildman–Crippen MR) is 45.6 cm³/mol. The van der Waals surface area contributed by atoms with Gasteiger partial charge in [0.05, 0.1) is 0 Å². The maximum absolute atomic E-state index is 2.20. The maximum Gasteiger partial charge on any atom is 0.00834 e. The molecule has 10 heavy (non-hydrogen) atoms. The largest absolute Gasteiger partial charge is 0.0764 e. The number of hydrogen-bond donors (Lipinski definition) is 0. The highest BCUT2D eigenvalue weighted by atomic mass is 14.0. The van der Waals surface area contributed by atoms with E-state index in [4.69, 9.17) is 0 Å². The third-order valence-corrected chi connectivity index (χ3v) is 1.49. The Morgan fingerprint density at radius 3 is 2.70 bits per heavy atom. The highest BCUT2D eigenvalue weighted by Gasteiger charge is 1.92. The molecule has 0 bridgehead atoms. The highest BCUT2D eigenvalue weighted by molar-refractivity contribution is 5.31. The van der Waals surface area contributed by atoms with Gasteiger partial charge in [-0.15, -0.1) is 0 Å². The Bertz CT molecular complexity index is 170. The van der Waals surface area contributed by atoms with E-state index in [1.165, 1.54) is 18.4 Å². The van der Waals surface area contributed by atoms with Crippen LogP contribution in [0.2, 0.25) is 0 Å². The van der Waals surface area contributed by atoms with E-state index in [1.54, 1.807) is 0 Å². The lowest BCUT2D eigenvalue weighted by molar-refractivity contribution is 0.917. The quantitative estimate of drug-likeness (QED) is 0.543. The molecule has 1 aliphatic rings. The molecule has 0 amide bonds. The summed E-state index contributed by atoms with van der Waals surface area (Å²) in [5.74, 6) is 0. The van der Waals surface area contributed by atoms with Gasteiger partial charge in [0.2, 0.25) is 0 Å². The summed E-state index contributed by atoms with van der Waals surface area (Å²) >= 11 is 0. The molecule has 1 aliphatic carbocycles. The third-order valence-electron chi connectivity index (χ3n) is 1.49. The van der Waals surface area contributed by atoms with E-state index >= 15 is 0 Å². The molecule has 0 heteroatoms. The smallest absolute Gasteiger partial charge is 0.00834 e. The van der Waals surface area contributed by atoms with Crippen molar-refractivity contribution in [1.82, 2.24) is 0 Å². The normalized spacial score (nSPS) is 16.7.